The molecule has 4 heteroatoms. The first-order chi connectivity index (χ1) is 11.6. The second-order valence-corrected chi connectivity index (χ2v) is 6.08. The van der Waals surface area contributed by atoms with Gasteiger partial charge in [-0.1, -0.05) is 30.3 Å². The lowest BCUT2D eigenvalue weighted by Crippen LogP contribution is -2.39. The average Bonchev–Trinajstić information content (AvgIpc) is 2.61. The molecule has 0 saturated carbocycles. The second kappa shape index (κ2) is 6.95. The highest BCUT2D eigenvalue weighted by molar-refractivity contribution is 5.79. The SMILES string of the molecule is COc1cc2c(cc1OC)[C@@H](C)N(C(=O)Cc1ccccc1)CC2. The molecule has 4 nitrogen and oxygen atoms in total. The molecule has 1 amide bonds. The minimum atomic E-state index is 0.0322. The lowest BCUT2D eigenvalue weighted by Gasteiger charge is -2.36. The molecular formula is C20H23NO3. The van der Waals surface area contributed by atoms with Gasteiger partial charge in [-0.15, -0.1) is 0 Å². The molecule has 1 aliphatic heterocycles. The van der Waals surface area contributed by atoms with Gasteiger partial charge in [-0.25, -0.2) is 0 Å². The number of nitrogens with zero attached hydrogens (tertiary/aromatic N) is 1. The maximum atomic E-state index is 12.7. The van der Waals surface area contributed by atoms with E-state index < -0.39 is 0 Å². The van der Waals surface area contributed by atoms with Gasteiger partial charge in [-0.3, -0.25) is 4.79 Å². The van der Waals surface area contributed by atoms with Crippen molar-refractivity contribution >= 4 is 5.91 Å². The molecule has 0 bridgehead atoms. The molecule has 3 rings (SSSR count). The van der Waals surface area contributed by atoms with Crippen LogP contribution in [0, 0.1) is 0 Å². The molecule has 0 unspecified atom stereocenters. The summed E-state index contributed by atoms with van der Waals surface area (Å²) in [5.74, 6) is 1.61. The summed E-state index contributed by atoms with van der Waals surface area (Å²) in [4.78, 5) is 14.7. The Morgan fingerprint density at radius 1 is 1.12 bits per heavy atom. The van der Waals surface area contributed by atoms with E-state index >= 15 is 0 Å². The van der Waals surface area contributed by atoms with Crippen LogP contribution in [0.1, 0.15) is 29.7 Å². The zero-order valence-electron chi connectivity index (χ0n) is 14.4. The summed E-state index contributed by atoms with van der Waals surface area (Å²) in [6.45, 7) is 2.81. The summed E-state index contributed by atoms with van der Waals surface area (Å²) in [6.07, 6.45) is 1.27. The van der Waals surface area contributed by atoms with E-state index in [9.17, 15) is 4.79 Å². The Kier molecular flexibility index (Phi) is 4.74. The molecule has 0 aliphatic carbocycles. The van der Waals surface area contributed by atoms with E-state index in [-0.39, 0.29) is 11.9 Å². The third kappa shape index (κ3) is 3.09. The fourth-order valence-corrected chi connectivity index (χ4v) is 3.36. The zero-order chi connectivity index (χ0) is 17.1. The van der Waals surface area contributed by atoms with E-state index in [1.54, 1.807) is 14.2 Å². The van der Waals surface area contributed by atoms with Gasteiger partial charge in [0, 0.05) is 6.54 Å². The number of carbonyl (C=O) groups is 1. The number of amides is 1. The van der Waals surface area contributed by atoms with Gasteiger partial charge in [-0.05, 0) is 42.2 Å². The molecule has 0 saturated heterocycles. The largest absolute Gasteiger partial charge is 0.493 e. The number of hydrogen-bond acceptors (Lipinski definition) is 3. The molecule has 2 aromatic carbocycles. The van der Waals surface area contributed by atoms with E-state index in [2.05, 4.69) is 6.92 Å². The van der Waals surface area contributed by atoms with Crippen LogP contribution in [-0.4, -0.2) is 31.6 Å². The summed E-state index contributed by atoms with van der Waals surface area (Å²) < 4.78 is 10.8. The van der Waals surface area contributed by atoms with Crippen LogP contribution in [0.4, 0.5) is 0 Å². The van der Waals surface area contributed by atoms with E-state index in [0.717, 1.165) is 29.8 Å². The highest BCUT2D eigenvalue weighted by Crippen LogP contribution is 2.38. The standard InChI is InChI=1S/C20H23NO3/c1-14-17-13-19(24-3)18(23-2)12-16(17)9-10-21(14)20(22)11-15-7-5-4-6-8-15/h4-8,12-14H,9-11H2,1-3H3/t14-/m1/s1. The Morgan fingerprint density at radius 3 is 2.46 bits per heavy atom. The highest BCUT2D eigenvalue weighted by atomic mass is 16.5. The average molecular weight is 325 g/mol. The molecule has 0 aromatic heterocycles. The maximum Gasteiger partial charge on any atom is 0.227 e. The van der Waals surface area contributed by atoms with Crippen molar-refractivity contribution in [3.8, 4) is 11.5 Å². The van der Waals surface area contributed by atoms with E-state index in [4.69, 9.17) is 9.47 Å². The van der Waals surface area contributed by atoms with Crippen LogP contribution < -0.4 is 9.47 Å². The van der Waals surface area contributed by atoms with Gasteiger partial charge in [0.1, 0.15) is 0 Å². The minimum Gasteiger partial charge on any atom is -0.493 e. The second-order valence-electron chi connectivity index (χ2n) is 6.08. The fraction of sp³-hybridized carbons (Fsp3) is 0.350. The molecule has 0 N–H and O–H groups in total. The first-order valence-corrected chi connectivity index (χ1v) is 8.22. The predicted molar refractivity (Wildman–Crippen MR) is 93.5 cm³/mol. The molecule has 2 aromatic rings. The summed E-state index contributed by atoms with van der Waals surface area (Å²) >= 11 is 0. The Hall–Kier alpha value is -2.49. The number of hydrogen-bond donors (Lipinski definition) is 0. The quantitative estimate of drug-likeness (QED) is 0.865. The van der Waals surface area contributed by atoms with Crippen LogP contribution in [0.2, 0.25) is 0 Å². The van der Waals surface area contributed by atoms with Crippen LogP contribution in [0.25, 0.3) is 0 Å². The van der Waals surface area contributed by atoms with Crippen LogP contribution in [0.15, 0.2) is 42.5 Å². The first kappa shape index (κ1) is 16.4. The van der Waals surface area contributed by atoms with Crippen molar-refractivity contribution < 1.29 is 14.3 Å². The molecule has 1 atom stereocenters. The zero-order valence-corrected chi connectivity index (χ0v) is 14.4. The molecule has 1 aliphatic rings. The van der Waals surface area contributed by atoms with Crippen molar-refractivity contribution in [2.45, 2.75) is 25.8 Å². The summed E-state index contributed by atoms with van der Waals surface area (Å²) in [5.41, 5.74) is 3.41. The van der Waals surface area contributed by atoms with Crippen molar-refractivity contribution in [2.75, 3.05) is 20.8 Å². The molecule has 126 valence electrons. The Bertz CT molecular complexity index is 727. The molecule has 0 fully saturated rings. The first-order valence-electron chi connectivity index (χ1n) is 8.22. The summed E-state index contributed by atoms with van der Waals surface area (Å²) in [7, 11) is 3.28. The number of benzene rings is 2. The topological polar surface area (TPSA) is 38.8 Å². The molecule has 0 radical (unpaired) electrons. The highest BCUT2D eigenvalue weighted by Gasteiger charge is 2.29. The van der Waals surface area contributed by atoms with E-state index in [0.29, 0.717) is 12.2 Å². The number of rotatable bonds is 4. The van der Waals surface area contributed by atoms with Crippen molar-refractivity contribution in [3.05, 3.63) is 59.2 Å². The smallest absolute Gasteiger partial charge is 0.227 e. The lowest BCUT2D eigenvalue weighted by molar-refractivity contribution is -0.133. The summed E-state index contributed by atoms with van der Waals surface area (Å²) in [6, 6.07) is 14.0. The van der Waals surface area contributed by atoms with Crippen LogP contribution in [0.5, 0.6) is 11.5 Å². The van der Waals surface area contributed by atoms with Gasteiger partial charge in [0.05, 0.1) is 26.7 Å². The number of fused-ring (bicyclic) bond motifs is 1. The van der Waals surface area contributed by atoms with Crippen molar-refractivity contribution in [1.82, 2.24) is 4.90 Å². The third-order valence-electron chi connectivity index (χ3n) is 4.70. The predicted octanol–water partition coefficient (Wildman–Crippen LogP) is 3.39. The van der Waals surface area contributed by atoms with Gasteiger partial charge in [-0.2, -0.15) is 0 Å². The number of ether oxygens (including phenoxy) is 2. The molecule has 24 heavy (non-hydrogen) atoms. The van der Waals surface area contributed by atoms with Gasteiger partial charge >= 0.3 is 0 Å². The molecular weight excluding hydrogens is 302 g/mol. The van der Waals surface area contributed by atoms with Crippen LogP contribution in [-0.2, 0) is 17.6 Å². The fourth-order valence-electron chi connectivity index (χ4n) is 3.36. The Balaban J connectivity index is 1.83. The third-order valence-corrected chi connectivity index (χ3v) is 4.70. The van der Waals surface area contributed by atoms with Crippen molar-refractivity contribution in [1.29, 1.82) is 0 Å². The van der Waals surface area contributed by atoms with Gasteiger partial charge in [0.15, 0.2) is 11.5 Å². The number of carbonyl (C=O) groups excluding carboxylic acids is 1. The van der Waals surface area contributed by atoms with Crippen LogP contribution >= 0.6 is 0 Å². The van der Waals surface area contributed by atoms with E-state index in [1.165, 1.54) is 5.56 Å². The monoisotopic (exact) mass is 325 g/mol. The van der Waals surface area contributed by atoms with Crippen LogP contribution in [0.3, 0.4) is 0 Å². The molecule has 1 heterocycles. The summed E-state index contributed by atoms with van der Waals surface area (Å²) in [5, 5.41) is 0. The lowest BCUT2D eigenvalue weighted by atomic mass is 9.92. The van der Waals surface area contributed by atoms with E-state index in [1.807, 2.05) is 47.4 Å². The minimum absolute atomic E-state index is 0.0322. The van der Waals surface area contributed by atoms with Gasteiger partial charge in [0.2, 0.25) is 5.91 Å². The van der Waals surface area contributed by atoms with Gasteiger partial charge < -0.3 is 14.4 Å². The molecule has 0 spiro atoms. The van der Waals surface area contributed by atoms with Crippen molar-refractivity contribution in [2.24, 2.45) is 0 Å². The number of methoxy groups -OCH3 is 2. The Morgan fingerprint density at radius 2 is 1.79 bits per heavy atom. The maximum absolute atomic E-state index is 12.7. The van der Waals surface area contributed by atoms with Gasteiger partial charge in [0.25, 0.3) is 0 Å². The Labute approximate surface area is 143 Å². The normalized spacial score (nSPS) is 16.5. The van der Waals surface area contributed by atoms with Crippen molar-refractivity contribution in [3.63, 3.8) is 0 Å².